The molecule has 0 aliphatic carbocycles. The van der Waals surface area contributed by atoms with Crippen LogP contribution in [0.25, 0.3) is 0 Å². The molecule has 0 saturated carbocycles. The minimum Gasteiger partial charge on any atom is -0.445 e. The topological polar surface area (TPSA) is 41.6 Å². The Balaban J connectivity index is 1.67. The molecule has 1 atom stereocenters. The zero-order valence-electron chi connectivity index (χ0n) is 13.0. The summed E-state index contributed by atoms with van der Waals surface area (Å²) in [6.45, 7) is 7.34. The van der Waals surface area contributed by atoms with Gasteiger partial charge >= 0.3 is 6.09 Å². The summed E-state index contributed by atoms with van der Waals surface area (Å²) >= 11 is 0. The predicted octanol–water partition coefficient (Wildman–Crippen LogP) is 3.03. The van der Waals surface area contributed by atoms with Crippen molar-refractivity contribution in [2.75, 3.05) is 19.6 Å². The van der Waals surface area contributed by atoms with Crippen LogP contribution < -0.4 is 5.32 Å². The van der Waals surface area contributed by atoms with Gasteiger partial charge in [0, 0.05) is 19.1 Å². The molecule has 0 aromatic heterocycles. The van der Waals surface area contributed by atoms with E-state index in [0.717, 1.165) is 38.0 Å². The lowest BCUT2D eigenvalue weighted by Gasteiger charge is -2.17. The third-order valence-electron chi connectivity index (χ3n) is 3.85. The van der Waals surface area contributed by atoms with Crippen LogP contribution in [-0.4, -0.2) is 36.7 Å². The zero-order chi connectivity index (χ0) is 15.1. The SMILES string of the molecule is CC(C)NCCC1CCN(C(=O)OCc2ccccc2)C1. The lowest BCUT2D eigenvalue weighted by molar-refractivity contribution is 0.103. The maximum atomic E-state index is 12.0. The van der Waals surface area contributed by atoms with Crippen molar-refractivity contribution in [2.45, 2.75) is 39.3 Å². The zero-order valence-corrected chi connectivity index (χ0v) is 13.0. The Labute approximate surface area is 127 Å². The van der Waals surface area contributed by atoms with E-state index in [1.807, 2.05) is 35.2 Å². The van der Waals surface area contributed by atoms with Gasteiger partial charge in [-0.15, -0.1) is 0 Å². The van der Waals surface area contributed by atoms with Gasteiger partial charge in [0.25, 0.3) is 0 Å². The summed E-state index contributed by atoms with van der Waals surface area (Å²) in [5, 5.41) is 3.43. The van der Waals surface area contributed by atoms with Gasteiger partial charge < -0.3 is 15.0 Å². The summed E-state index contributed by atoms with van der Waals surface area (Å²) in [7, 11) is 0. The van der Waals surface area contributed by atoms with Gasteiger partial charge in [-0.05, 0) is 30.9 Å². The Bertz CT molecular complexity index is 434. The van der Waals surface area contributed by atoms with Gasteiger partial charge in [-0.2, -0.15) is 0 Å². The minimum absolute atomic E-state index is 0.182. The second-order valence-corrected chi connectivity index (χ2v) is 6.04. The van der Waals surface area contributed by atoms with Gasteiger partial charge in [-0.25, -0.2) is 4.79 Å². The fourth-order valence-corrected chi connectivity index (χ4v) is 2.62. The largest absolute Gasteiger partial charge is 0.445 e. The first kappa shape index (κ1) is 15.8. The van der Waals surface area contributed by atoms with E-state index in [2.05, 4.69) is 19.2 Å². The summed E-state index contributed by atoms with van der Waals surface area (Å²) in [5.74, 6) is 0.598. The summed E-state index contributed by atoms with van der Waals surface area (Å²) in [6, 6.07) is 10.3. The van der Waals surface area contributed by atoms with Gasteiger partial charge in [0.05, 0.1) is 0 Å². The van der Waals surface area contributed by atoms with Crippen molar-refractivity contribution in [3.05, 3.63) is 35.9 Å². The van der Waals surface area contributed by atoms with Crippen LogP contribution in [0.5, 0.6) is 0 Å². The average molecular weight is 290 g/mol. The summed E-state index contributed by atoms with van der Waals surface area (Å²) < 4.78 is 5.37. The van der Waals surface area contributed by atoms with Gasteiger partial charge in [0.1, 0.15) is 6.61 Å². The second kappa shape index (κ2) is 8.03. The summed E-state index contributed by atoms with van der Waals surface area (Å²) in [5.41, 5.74) is 1.03. The second-order valence-electron chi connectivity index (χ2n) is 6.04. The molecule has 0 spiro atoms. The Kier molecular flexibility index (Phi) is 6.05. The predicted molar refractivity (Wildman–Crippen MR) is 84.1 cm³/mol. The van der Waals surface area contributed by atoms with Gasteiger partial charge in [-0.3, -0.25) is 0 Å². The molecule has 1 saturated heterocycles. The van der Waals surface area contributed by atoms with E-state index >= 15 is 0 Å². The van der Waals surface area contributed by atoms with Crippen LogP contribution >= 0.6 is 0 Å². The normalized spacial score (nSPS) is 18.2. The molecule has 1 N–H and O–H groups in total. The highest BCUT2D eigenvalue weighted by Gasteiger charge is 2.26. The molecule has 21 heavy (non-hydrogen) atoms. The molecular weight excluding hydrogens is 264 g/mol. The molecule has 0 radical (unpaired) electrons. The van der Waals surface area contributed by atoms with E-state index in [0.29, 0.717) is 18.6 Å². The molecule has 1 heterocycles. The molecule has 1 amide bonds. The highest BCUT2D eigenvalue weighted by molar-refractivity contribution is 5.68. The molecule has 4 nitrogen and oxygen atoms in total. The van der Waals surface area contributed by atoms with Crippen LogP contribution in [0, 0.1) is 5.92 Å². The van der Waals surface area contributed by atoms with Crippen molar-refractivity contribution >= 4 is 6.09 Å². The Hall–Kier alpha value is -1.55. The van der Waals surface area contributed by atoms with Crippen molar-refractivity contribution in [3.8, 4) is 0 Å². The molecule has 1 fully saturated rings. The lowest BCUT2D eigenvalue weighted by atomic mass is 10.1. The third-order valence-corrected chi connectivity index (χ3v) is 3.85. The quantitative estimate of drug-likeness (QED) is 0.875. The van der Waals surface area contributed by atoms with Gasteiger partial charge in [-0.1, -0.05) is 44.2 Å². The van der Waals surface area contributed by atoms with E-state index in [9.17, 15) is 4.79 Å². The highest BCUT2D eigenvalue weighted by Crippen LogP contribution is 2.20. The summed E-state index contributed by atoms with van der Waals surface area (Å²) in [4.78, 5) is 13.9. The van der Waals surface area contributed by atoms with Crippen LogP contribution in [0.4, 0.5) is 4.79 Å². The number of nitrogens with zero attached hydrogens (tertiary/aromatic N) is 1. The Morgan fingerprint density at radius 1 is 1.38 bits per heavy atom. The molecule has 2 rings (SSSR count). The van der Waals surface area contributed by atoms with E-state index in [-0.39, 0.29) is 6.09 Å². The maximum absolute atomic E-state index is 12.0. The van der Waals surface area contributed by atoms with Crippen LogP contribution in [-0.2, 0) is 11.3 Å². The van der Waals surface area contributed by atoms with Crippen molar-refractivity contribution in [1.29, 1.82) is 0 Å². The van der Waals surface area contributed by atoms with Crippen molar-refractivity contribution in [2.24, 2.45) is 5.92 Å². The Morgan fingerprint density at radius 2 is 2.14 bits per heavy atom. The molecule has 1 aliphatic rings. The number of benzene rings is 1. The fraction of sp³-hybridized carbons (Fsp3) is 0.588. The van der Waals surface area contributed by atoms with E-state index in [4.69, 9.17) is 4.74 Å². The van der Waals surface area contributed by atoms with E-state index < -0.39 is 0 Å². The third kappa shape index (κ3) is 5.38. The number of rotatable bonds is 6. The molecule has 116 valence electrons. The molecule has 1 aliphatic heterocycles. The van der Waals surface area contributed by atoms with Crippen molar-refractivity contribution < 1.29 is 9.53 Å². The Morgan fingerprint density at radius 3 is 2.86 bits per heavy atom. The molecule has 4 heteroatoms. The first-order valence-electron chi connectivity index (χ1n) is 7.84. The number of amides is 1. The number of nitrogens with one attached hydrogen (secondary N) is 1. The van der Waals surface area contributed by atoms with Crippen molar-refractivity contribution in [3.63, 3.8) is 0 Å². The van der Waals surface area contributed by atoms with E-state index in [1.165, 1.54) is 0 Å². The molecule has 1 unspecified atom stereocenters. The number of carbonyl (C=O) groups is 1. The first-order chi connectivity index (χ1) is 10.1. The highest BCUT2D eigenvalue weighted by atomic mass is 16.6. The first-order valence-corrected chi connectivity index (χ1v) is 7.84. The number of ether oxygens (including phenoxy) is 1. The number of likely N-dealkylation sites (tertiary alicyclic amines) is 1. The number of hydrogen-bond donors (Lipinski definition) is 1. The minimum atomic E-state index is -0.182. The maximum Gasteiger partial charge on any atom is 0.410 e. The van der Waals surface area contributed by atoms with Crippen LogP contribution in [0.1, 0.15) is 32.3 Å². The molecule has 0 bridgehead atoms. The van der Waals surface area contributed by atoms with Crippen LogP contribution in [0.15, 0.2) is 30.3 Å². The van der Waals surface area contributed by atoms with E-state index in [1.54, 1.807) is 0 Å². The molecule has 1 aromatic rings. The lowest BCUT2D eigenvalue weighted by Crippen LogP contribution is -2.30. The average Bonchev–Trinajstić information content (AvgIpc) is 2.94. The number of carbonyl (C=O) groups excluding carboxylic acids is 1. The molecular formula is C17H26N2O2. The van der Waals surface area contributed by atoms with Gasteiger partial charge in [0.2, 0.25) is 0 Å². The van der Waals surface area contributed by atoms with Crippen molar-refractivity contribution in [1.82, 2.24) is 10.2 Å². The van der Waals surface area contributed by atoms with Crippen LogP contribution in [0.2, 0.25) is 0 Å². The number of hydrogen-bond acceptors (Lipinski definition) is 3. The summed E-state index contributed by atoms with van der Waals surface area (Å²) in [6.07, 6.45) is 2.03. The monoisotopic (exact) mass is 290 g/mol. The fourth-order valence-electron chi connectivity index (χ4n) is 2.62. The smallest absolute Gasteiger partial charge is 0.410 e. The molecule has 1 aromatic carbocycles. The van der Waals surface area contributed by atoms with Gasteiger partial charge in [0.15, 0.2) is 0 Å². The standard InChI is InChI=1S/C17H26N2O2/c1-14(2)18-10-8-15-9-11-19(12-15)17(20)21-13-16-6-4-3-5-7-16/h3-7,14-15,18H,8-13H2,1-2H3. The van der Waals surface area contributed by atoms with Crippen LogP contribution in [0.3, 0.4) is 0 Å².